The molecule has 4 N–H and O–H groups in total. The third-order valence-electron chi connectivity index (χ3n) is 4.17. The number of fused-ring (bicyclic) bond motifs is 1. The van der Waals surface area contributed by atoms with Crippen molar-refractivity contribution in [1.82, 2.24) is 24.8 Å². The molecule has 0 saturated carbocycles. The van der Waals surface area contributed by atoms with E-state index in [1.165, 1.54) is 24.1 Å². The molecule has 1 saturated heterocycles. The number of halogens is 3. The van der Waals surface area contributed by atoms with Crippen LogP contribution in [-0.2, 0) is 14.3 Å². The number of carbonyl (C=O) groups excluding carboxylic acids is 1. The van der Waals surface area contributed by atoms with Crippen LogP contribution in [0.2, 0.25) is 0 Å². The van der Waals surface area contributed by atoms with Gasteiger partial charge in [0.05, 0.1) is 12.9 Å². The maximum Gasteiger partial charge on any atom is 0.522 e. The van der Waals surface area contributed by atoms with Gasteiger partial charge in [-0.3, -0.25) is 14.1 Å². The van der Waals surface area contributed by atoms with Crippen molar-refractivity contribution in [2.75, 3.05) is 25.0 Å². The molecule has 0 radical (unpaired) electrons. The van der Waals surface area contributed by atoms with Crippen LogP contribution >= 0.6 is 0 Å². The van der Waals surface area contributed by atoms with E-state index >= 15 is 0 Å². The highest BCUT2D eigenvalue weighted by atomic mass is 19.4. The Morgan fingerprint density at radius 2 is 2.03 bits per heavy atom. The molecule has 0 aliphatic carbocycles. The summed E-state index contributed by atoms with van der Waals surface area (Å²) in [6.45, 7) is 1.12. The lowest BCUT2D eigenvalue weighted by Gasteiger charge is -2.16. The number of amides is 1. The van der Waals surface area contributed by atoms with Crippen LogP contribution in [0.25, 0.3) is 11.2 Å². The molecule has 11 nitrogen and oxygen atoms in total. The minimum absolute atomic E-state index is 0.182. The molecule has 0 spiro atoms. The second-order valence-electron chi connectivity index (χ2n) is 6.26. The molecule has 1 fully saturated rings. The summed E-state index contributed by atoms with van der Waals surface area (Å²) in [4.78, 5) is 23.2. The number of anilines is 1. The standard InChI is InChI=1S/C15H19F3N6O5/c1-7(25)19-2-3-20-12-9-13(22-5-21-12)24(6-23-9)14-11(27)10(26)8(29-14)4-28-15(16,17)18/h5-6,8,10-11,14,26-27H,2-4H2,1H3,(H,19,25)(H,20,21,22). The van der Waals surface area contributed by atoms with E-state index < -0.39 is 37.5 Å². The minimum Gasteiger partial charge on any atom is -0.387 e. The van der Waals surface area contributed by atoms with Crippen molar-refractivity contribution in [3.63, 3.8) is 0 Å². The monoisotopic (exact) mass is 420 g/mol. The van der Waals surface area contributed by atoms with Gasteiger partial charge in [-0.05, 0) is 0 Å². The van der Waals surface area contributed by atoms with Crippen LogP contribution in [0.3, 0.4) is 0 Å². The molecular formula is C15H19F3N6O5. The first kappa shape index (κ1) is 21.2. The Bertz CT molecular complexity index is 863. The zero-order valence-electron chi connectivity index (χ0n) is 15.1. The number of hydrogen-bond donors (Lipinski definition) is 4. The summed E-state index contributed by atoms with van der Waals surface area (Å²) in [7, 11) is 0. The van der Waals surface area contributed by atoms with Gasteiger partial charge in [-0.2, -0.15) is 0 Å². The molecule has 2 aromatic rings. The fourth-order valence-corrected chi connectivity index (χ4v) is 2.86. The molecule has 3 heterocycles. The average Bonchev–Trinajstić information content (AvgIpc) is 3.19. The van der Waals surface area contributed by atoms with Gasteiger partial charge in [0, 0.05) is 20.0 Å². The number of rotatable bonds is 7. The Morgan fingerprint density at radius 3 is 2.72 bits per heavy atom. The Kier molecular flexibility index (Phi) is 6.16. The Hall–Kier alpha value is -2.55. The molecule has 4 unspecified atom stereocenters. The highest BCUT2D eigenvalue weighted by molar-refractivity contribution is 5.82. The molecule has 0 aromatic carbocycles. The van der Waals surface area contributed by atoms with E-state index in [1.807, 2.05) is 0 Å². The summed E-state index contributed by atoms with van der Waals surface area (Å²) >= 11 is 0. The van der Waals surface area contributed by atoms with Crippen LogP contribution < -0.4 is 10.6 Å². The molecule has 0 bridgehead atoms. The van der Waals surface area contributed by atoms with Crippen LogP contribution in [0.1, 0.15) is 13.2 Å². The first-order valence-corrected chi connectivity index (χ1v) is 8.55. The minimum atomic E-state index is -4.89. The zero-order chi connectivity index (χ0) is 21.2. The number of aliphatic hydroxyl groups excluding tert-OH is 2. The second kappa shape index (κ2) is 8.44. The summed E-state index contributed by atoms with van der Waals surface area (Å²) in [6, 6.07) is 0. The van der Waals surface area contributed by atoms with Crippen LogP contribution in [0, 0.1) is 0 Å². The van der Waals surface area contributed by atoms with E-state index in [1.54, 1.807) is 0 Å². The van der Waals surface area contributed by atoms with Crippen LogP contribution in [-0.4, -0.2) is 80.0 Å². The number of aliphatic hydroxyl groups is 2. The predicted molar refractivity (Wildman–Crippen MR) is 90.4 cm³/mol. The van der Waals surface area contributed by atoms with E-state index in [9.17, 15) is 28.2 Å². The van der Waals surface area contributed by atoms with Crippen molar-refractivity contribution in [2.24, 2.45) is 0 Å². The highest BCUT2D eigenvalue weighted by Crippen LogP contribution is 2.33. The quantitative estimate of drug-likeness (QED) is 0.437. The maximum absolute atomic E-state index is 12.2. The molecule has 160 valence electrons. The van der Waals surface area contributed by atoms with Gasteiger partial charge < -0.3 is 25.6 Å². The van der Waals surface area contributed by atoms with Gasteiger partial charge in [0.1, 0.15) is 24.6 Å². The number of carbonyl (C=O) groups is 1. The average molecular weight is 420 g/mol. The van der Waals surface area contributed by atoms with Crippen molar-refractivity contribution in [2.45, 2.75) is 37.8 Å². The first-order valence-electron chi connectivity index (χ1n) is 8.55. The van der Waals surface area contributed by atoms with Gasteiger partial charge in [-0.15, -0.1) is 13.2 Å². The normalized spacial score (nSPS) is 24.8. The van der Waals surface area contributed by atoms with Crippen molar-refractivity contribution in [3.05, 3.63) is 12.7 Å². The molecule has 1 aliphatic rings. The molecule has 14 heteroatoms. The summed E-state index contributed by atoms with van der Waals surface area (Å²) in [5, 5.41) is 25.8. The van der Waals surface area contributed by atoms with Gasteiger partial charge in [0.2, 0.25) is 5.91 Å². The molecule has 1 amide bonds. The molecule has 3 rings (SSSR count). The van der Waals surface area contributed by atoms with Gasteiger partial charge in [0.25, 0.3) is 0 Å². The van der Waals surface area contributed by atoms with Crippen LogP contribution in [0.5, 0.6) is 0 Å². The Balaban J connectivity index is 1.74. The van der Waals surface area contributed by atoms with E-state index in [2.05, 4.69) is 30.3 Å². The van der Waals surface area contributed by atoms with E-state index in [-0.39, 0.29) is 11.6 Å². The first-order chi connectivity index (χ1) is 13.7. The van der Waals surface area contributed by atoms with E-state index in [0.29, 0.717) is 24.4 Å². The molecule has 29 heavy (non-hydrogen) atoms. The van der Waals surface area contributed by atoms with Crippen LogP contribution in [0.15, 0.2) is 12.7 Å². The lowest BCUT2D eigenvalue weighted by molar-refractivity contribution is -0.333. The molecular weight excluding hydrogens is 401 g/mol. The number of aromatic nitrogens is 4. The number of nitrogens with zero attached hydrogens (tertiary/aromatic N) is 4. The topological polar surface area (TPSA) is 144 Å². The molecule has 1 aliphatic heterocycles. The van der Waals surface area contributed by atoms with Crippen molar-refractivity contribution >= 4 is 22.9 Å². The van der Waals surface area contributed by atoms with Crippen molar-refractivity contribution in [1.29, 1.82) is 0 Å². The molecule has 2 aromatic heterocycles. The summed E-state index contributed by atoms with van der Waals surface area (Å²) in [6.07, 6.45) is -8.14. The van der Waals surface area contributed by atoms with Crippen molar-refractivity contribution in [3.8, 4) is 0 Å². The maximum atomic E-state index is 12.2. The number of hydrogen-bond acceptors (Lipinski definition) is 9. The lowest BCUT2D eigenvalue weighted by Crippen LogP contribution is -2.35. The Morgan fingerprint density at radius 1 is 1.28 bits per heavy atom. The number of ether oxygens (including phenoxy) is 2. The number of alkyl halides is 3. The van der Waals surface area contributed by atoms with Crippen molar-refractivity contribution < 1.29 is 37.7 Å². The van der Waals surface area contributed by atoms with Gasteiger partial charge in [-0.1, -0.05) is 0 Å². The van der Waals surface area contributed by atoms with Crippen LogP contribution in [0.4, 0.5) is 19.0 Å². The van der Waals surface area contributed by atoms with Gasteiger partial charge >= 0.3 is 6.36 Å². The summed E-state index contributed by atoms with van der Waals surface area (Å²) in [5.41, 5.74) is 0.547. The van der Waals surface area contributed by atoms with E-state index in [4.69, 9.17) is 4.74 Å². The lowest BCUT2D eigenvalue weighted by atomic mass is 10.1. The largest absolute Gasteiger partial charge is 0.522 e. The van der Waals surface area contributed by atoms with Gasteiger partial charge in [-0.25, -0.2) is 15.0 Å². The third kappa shape index (κ3) is 4.90. The highest BCUT2D eigenvalue weighted by Gasteiger charge is 2.46. The number of nitrogens with one attached hydrogen (secondary N) is 2. The third-order valence-corrected chi connectivity index (χ3v) is 4.17. The smallest absolute Gasteiger partial charge is 0.387 e. The SMILES string of the molecule is CC(=O)NCCNc1ncnc2c1ncn2C1OC(COC(F)(F)F)C(O)C1O. The predicted octanol–water partition coefficient (Wildman–Crippen LogP) is -0.470. The van der Waals surface area contributed by atoms with Gasteiger partial charge in [0.15, 0.2) is 23.2 Å². The number of imidazole rings is 1. The summed E-state index contributed by atoms with van der Waals surface area (Å²) in [5.74, 6) is 0.169. The second-order valence-corrected chi connectivity index (χ2v) is 6.26. The summed E-state index contributed by atoms with van der Waals surface area (Å²) < 4.78 is 47.1. The zero-order valence-corrected chi connectivity index (χ0v) is 15.1. The molecule has 4 atom stereocenters. The fourth-order valence-electron chi connectivity index (χ4n) is 2.86. The Labute approximate surface area is 161 Å². The van der Waals surface area contributed by atoms with E-state index in [0.717, 1.165) is 0 Å². The fraction of sp³-hybridized carbons (Fsp3) is 0.600.